The van der Waals surface area contributed by atoms with Crippen molar-refractivity contribution in [2.24, 2.45) is 0 Å². The average molecular weight is 285 g/mol. The molecule has 1 aromatic carbocycles. The van der Waals surface area contributed by atoms with E-state index in [0.29, 0.717) is 16.9 Å². The monoisotopic (exact) mass is 285 g/mol. The molecule has 1 aliphatic rings. The maximum atomic E-state index is 12.5. The lowest BCUT2D eigenvalue weighted by Gasteiger charge is -2.37. The van der Waals surface area contributed by atoms with E-state index in [9.17, 15) is 9.59 Å². The van der Waals surface area contributed by atoms with Crippen LogP contribution in [0.1, 0.15) is 33.6 Å². The van der Waals surface area contributed by atoms with Crippen molar-refractivity contribution in [3.05, 3.63) is 59.5 Å². The molecule has 3 rings (SSSR count). The van der Waals surface area contributed by atoms with Gasteiger partial charge in [-0.2, -0.15) is 0 Å². The number of amides is 1. The van der Waals surface area contributed by atoms with Gasteiger partial charge in [0.25, 0.3) is 5.91 Å². The van der Waals surface area contributed by atoms with Gasteiger partial charge in [-0.05, 0) is 23.8 Å². The number of methoxy groups -OCH3 is 1. The van der Waals surface area contributed by atoms with Crippen LogP contribution in [0.15, 0.2) is 47.1 Å². The van der Waals surface area contributed by atoms with Gasteiger partial charge in [-0.25, -0.2) is 0 Å². The van der Waals surface area contributed by atoms with E-state index in [2.05, 4.69) is 0 Å². The lowest BCUT2D eigenvalue weighted by atomic mass is 9.82. The number of esters is 1. The van der Waals surface area contributed by atoms with Crippen molar-refractivity contribution in [3.8, 4) is 0 Å². The van der Waals surface area contributed by atoms with E-state index in [1.54, 1.807) is 37.4 Å². The number of furan rings is 1. The van der Waals surface area contributed by atoms with Crippen molar-refractivity contribution in [1.29, 1.82) is 0 Å². The van der Waals surface area contributed by atoms with E-state index in [1.165, 1.54) is 18.3 Å². The molecule has 108 valence electrons. The molecule has 2 heterocycles. The Morgan fingerprint density at radius 1 is 1.24 bits per heavy atom. The third-order valence-corrected chi connectivity index (χ3v) is 3.87. The topological polar surface area (TPSA) is 59.8 Å². The number of carbonyl (C=O) groups excluding carboxylic acids is 2. The molecule has 0 spiro atoms. The summed E-state index contributed by atoms with van der Waals surface area (Å²) in [7, 11) is 3.02. The summed E-state index contributed by atoms with van der Waals surface area (Å²) in [6.45, 7) is 0. The molecule has 0 fully saturated rings. The molecule has 1 amide bonds. The number of benzene rings is 1. The number of likely N-dealkylation sites (N-methyl/N-ethyl adjacent to an activating group) is 1. The van der Waals surface area contributed by atoms with Gasteiger partial charge < -0.3 is 14.1 Å². The van der Waals surface area contributed by atoms with Crippen LogP contribution in [0.4, 0.5) is 0 Å². The first-order valence-corrected chi connectivity index (χ1v) is 6.62. The van der Waals surface area contributed by atoms with Crippen molar-refractivity contribution < 1.29 is 18.7 Å². The lowest BCUT2D eigenvalue weighted by Crippen LogP contribution is -2.42. The fraction of sp³-hybridized carbons (Fsp3) is 0.250. The van der Waals surface area contributed by atoms with E-state index in [-0.39, 0.29) is 11.9 Å². The highest BCUT2D eigenvalue weighted by Gasteiger charge is 2.44. The van der Waals surface area contributed by atoms with Gasteiger partial charge in [0.2, 0.25) is 0 Å². The van der Waals surface area contributed by atoms with Crippen molar-refractivity contribution >= 4 is 11.9 Å². The van der Waals surface area contributed by atoms with Crippen molar-refractivity contribution in [1.82, 2.24) is 4.90 Å². The van der Waals surface area contributed by atoms with Crippen LogP contribution in [0.5, 0.6) is 0 Å². The zero-order valence-corrected chi connectivity index (χ0v) is 11.8. The number of nitrogens with zero attached hydrogens (tertiary/aromatic N) is 1. The predicted molar refractivity (Wildman–Crippen MR) is 74.7 cm³/mol. The highest BCUT2D eigenvalue weighted by molar-refractivity contribution is 6.00. The average Bonchev–Trinajstić information content (AvgIpc) is 3.03. The number of hydrogen-bond acceptors (Lipinski definition) is 4. The molecule has 0 bridgehead atoms. The molecule has 2 atom stereocenters. The van der Waals surface area contributed by atoms with Gasteiger partial charge in [0.1, 0.15) is 17.7 Å². The van der Waals surface area contributed by atoms with Crippen molar-refractivity contribution in [3.63, 3.8) is 0 Å². The SMILES string of the molecule is COC(=O)[C@@H]1c2ccccc2C(=O)N(C)[C@H]1c1ccco1. The number of carbonyl (C=O) groups is 2. The normalized spacial score (nSPS) is 21.0. The molecule has 5 heteroatoms. The van der Waals surface area contributed by atoms with Crippen LogP contribution in [0, 0.1) is 0 Å². The number of ether oxygens (including phenoxy) is 1. The summed E-state index contributed by atoms with van der Waals surface area (Å²) in [5.74, 6) is -0.550. The minimum Gasteiger partial charge on any atom is -0.468 e. The second-order valence-electron chi connectivity index (χ2n) is 4.96. The first kappa shape index (κ1) is 13.4. The maximum absolute atomic E-state index is 12.5. The van der Waals surface area contributed by atoms with Gasteiger partial charge in [0, 0.05) is 12.6 Å². The van der Waals surface area contributed by atoms with Gasteiger partial charge in [-0.1, -0.05) is 18.2 Å². The Balaban J connectivity index is 2.20. The van der Waals surface area contributed by atoms with Gasteiger partial charge in [-0.3, -0.25) is 9.59 Å². The van der Waals surface area contributed by atoms with Crippen LogP contribution >= 0.6 is 0 Å². The summed E-state index contributed by atoms with van der Waals surface area (Å²) < 4.78 is 10.4. The highest BCUT2D eigenvalue weighted by Crippen LogP contribution is 2.42. The Labute approximate surface area is 122 Å². The van der Waals surface area contributed by atoms with Crippen molar-refractivity contribution in [2.75, 3.05) is 14.2 Å². The van der Waals surface area contributed by atoms with Crippen molar-refractivity contribution in [2.45, 2.75) is 12.0 Å². The summed E-state index contributed by atoms with van der Waals surface area (Å²) in [5.41, 5.74) is 1.20. The van der Waals surface area contributed by atoms with Crippen LogP contribution in [0.25, 0.3) is 0 Å². The predicted octanol–water partition coefficient (Wildman–Crippen LogP) is 2.36. The van der Waals surface area contributed by atoms with Gasteiger partial charge >= 0.3 is 5.97 Å². The van der Waals surface area contributed by atoms with E-state index in [0.717, 1.165) is 0 Å². The third kappa shape index (κ3) is 2.01. The molecule has 0 saturated heterocycles. The first-order chi connectivity index (χ1) is 10.1. The smallest absolute Gasteiger partial charge is 0.315 e. The van der Waals surface area contributed by atoms with E-state index in [1.807, 2.05) is 6.07 Å². The fourth-order valence-corrected chi connectivity index (χ4v) is 2.87. The molecular weight excluding hydrogens is 270 g/mol. The molecule has 1 aromatic heterocycles. The maximum Gasteiger partial charge on any atom is 0.315 e. The Hall–Kier alpha value is -2.56. The summed E-state index contributed by atoms with van der Waals surface area (Å²) in [5, 5.41) is 0. The van der Waals surface area contributed by atoms with Crippen LogP contribution in [-0.2, 0) is 9.53 Å². The Kier molecular flexibility index (Phi) is 3.25. The summed E-state index contributed by atoms with van der Waals surface area (Å²) in [6, 6.07) is 10.1. The summed E-state index contributed by atoms with van der Waals surface area (Å²) in [4.78, 5) is 26.3. The number of hydrogen-bond donors (Lipinski definition) is 0. The second-order valence-corrected chi connectivity index (χ2v) is 4.96. The van der Waals surface area contributed by atoms with E-state index in [4.69, 9.17) is 9.15 Å². The molecule has 1 aliphatic heterocycles. The summed E-state index contributed by atoms with van der Waals surface area (Å²) in [6.07, 6.45) is 1.53. The molecule has 0 N–H and O–H groups in total. The van der Waals surface area contributed by atoms with E-state index >= 15 is 0 Å². The lowest BCUT2D eigenvalue weighted by molar-refractivity contribution is -0.144. The largest absolute Gasteiger partial charge is 0.468 e. The zero-order chi connectivity index (χ0) is 15.0. The Bertz CT molecular complexity index is 677. The quantitative estimate of drug-likeness (QED) is 0.795. The molecule has 2 aromatic rings. The minimum absolute atomic E-state index is 0.132. The van der Waals surface area contributed by atoms with Crippen LogP contribution < -0.4 is 0 Å². The first-order valence-electron chi connectivity index (χ1n) is 6.62. The zero-order valence-electron chi connectivity index (χ0n) is 11.8. The number of rotatable bonds is 2. The molecule has 0 unspecified atom stereocenters. The number of fused-ring (bicyclic) bond motifs is 1. The standard InChI is InChI=1S/C16H15NO4/c1-17-14(12-8-5-9-21-12)13(16(19)20-2)10-6-3-4-7-11(10)15(17)18/h3-9,13-14H,1-2H3/t13-,14+/m1/s1. The van der Waals surface area contributed by atoms with Gasteiger partial charge in [0.05, 0.1) is 13.4 Å². The molecule has 0 saturated carbocycles. The van der Waals surface area contributed by atoms with Gasteiger partial charge in [0.15, 0.2) is 0 Å². The fourth-order valence-electron chi connectivity index (χ4n) is 2.87. The molecule has 21 heavy (non-hydrogen) atoms. The van der Waals surface area contributed by atoms with Gasteiger partial charge in [-0.15, -0.1) is 0 Å². The molecule has 0 radical (unpaired) electrons. The molecular formula is C16H15NO4. The van der Waals surface area contributed by atoms with Crippen LogP contribution in [0.2, 0.25) is 0 Å². The highest BCUT2D eigenvalue weighted by atomic mass is 16.5. The van der Waals surface area contributed by atoms with Crippen LogP contribution in [-0.4, -0.2) is 30.9 Å². The Morgan fingerprint density at radius 3 is 2.67 bits per heavy atom. The van der Waals surface area contributed by atoms with Crippen LogP contribution in [0.3, 0.4) is 0 Å². The third-order valence-electron chi connectivity index (χ3n) is 3.87. The molecule has 5 nitrogen and oxygen atoms in total. The van der Waals surface area contributed by atoms with E-state index < -0.39 is 12.0 Å². The summed E-state index contributed by atoms with van der Waals surface area (Å²) >= 11 is 0. The Morgan fingerprint density at radius 2 is 2.00 bits per heavy atom. The second kappa shape index (κ2) is 5.09. The minimum atomic E-state index is -0.597. The molecule has 0 aliphatic carbocycles.